The molecule has 0 atom stereocenters. The highest BCUT2D eigenvalue weighted by Crippen LogP contribution is 2.19. The van der Waals surface area contributed by atoms with E-state index in [-0.39, 0.29) is 12.3 Å². The zero-order chi connectivity index (χ0) is 14.7. The van der Waals surface area contributed by atoms with Crippen LogP contribution in [0, 0.1) is 0 Å². The second kappa shape index (κ2) is 5.89. The molecular weight excluding hydrogens is 286 g/mol. The highest BCUT2D eigenvalue weighted by molar-refractivity contribution is 6.29. The molecule has 0 radical (unpaired) electrons. The van der Waals surface area contributed by atoms with E-state index in [2.05, 4.69) is 15.5 Å². The van der Waals surface area contributed by atoms with Crippen LogP contribution in [0.3, 0.4) is 0 Å². The molecule has 0 aliphatic rings. The number of hydrogen-bond donors (Lipinski definition) is 1. The smallest absolute Gasteiger partial charge is 0.230 e. The molecule has 1 heterocycles. The zero-order valence-corrected chi connectivity index (χ0v) is 11.8. The van der Waals surface area contributed by atoms with E-state index in [9.17, 15) is 4.79 Å². The van der Waals surface area contributed by atoms with Gasteiger partial charge in [0, 0.05) is 0 Å². The normalized spacial score (nSPS) is 10.5. The first-order chi connectivity index (χ1) is 10.2. The molecule has 0 saturated carbocycles. The standard InChI is InChI=1S/C16H12ClN3O/c17-14-8-9-15(20-19-14)18-16(21)10-12-6-3-5-11-4-1-2-7-13(11)12/h1-9H,10H2,(H,18,20,21). The first kappa shape index (κ1) is 13.5. The van der Waals surface area contributed by atoms with Gasteiger partial charge in [0.15, 0.2) is 11.0 Å². The molecule has 0 spiro atoms. The Labute approximate surface area is 126 Å². The van der Waals surface area contributed by atoms with E-state index in [0.29, 0.717) is 11.0 Å². The molecule has 104 valence electrons. The van der Waals surface area contributed by atoms with E-state index in [1.807, 2.05) is 42.5 Å². The Balaban J connectivity index is 1.79. The van der Waals surface area contributed by atoms with Gasteiger partial charge in [0.25, 0.3) is 0 Å². The molecular formula is C16H12ClN3O. The van der Waals surface area contributed by atoms with Crippen LogP contribution in [0.25, 0.3) is 10.8 Å². The molecule has 3 rings (SSSR count). The molecule has 2 aromatic carbocycles. The summed E-state index contributed by atoms with van der Waals surface area (Å²) in [6, 6.07) is 17.1. The van der Waals surface area contributed by atoms with Gasteiger partial charge < -0.3 is 5.32 Å². The third-order valence-corrected chi connectivity index (χ3v) is 3.33. The van der Waals surface area contributed by atoms with Crippen molar-refractivity contribution in [2.45, 2.75) is 6.42 Å². The first-order valence-electron chi connectivity index (χ1n) is 6.48. The van der Waals surface area contributed by atoms with Gasteiger partial charge in [-0.25, -0.2) is 0 Å². The zero-order valence-electron chi connectivity index (χ0n) is 11.1. The summed E-state index contributed by atoms with van der Waals surface area (Å²) in [6.45, 7) is 0. The van der Waals surface area contributed by atoms with Crippen molar-refractivity contribution in [1.82, 2.24) is 10.2 Å². The molecule has 1 aromatic heterocycles. The lowest BCUT2D eigenvalue weighted by molar-refractivity contribution is -0.115. The topological polar surface area (TPSA) is 54.9 Å². The van der Waals surface area contributed by atoms with Crippen LogP contribution in [0.5, 0.6) is 0 Å². The fourth-order valence-electron chi connectivity index (χ4n) is 2.19. The van der Waals surface area contributed by atoms with Gasteiger partial charge in [-0.15, -0.1) is 10.2 Å². The molecule has 0 unspecified atom stereocenters. The summed E-state index contributed by atoms with van der Waals surface area (Å²) in [4.78, 5) is 12.1. The summed E-state index contributed by atoms with van der Waals surface area (Å²) < 4.78 is 0. The maximum Gasteiger partial charge on any atom is 0.230 e. The van der Waals surface area contributed by atoms with Crippen molar-refractivity contribution in [3.05, 3.63) is 65.3 Å². The summed E-state index contributed by atoms with van der Waals surface area (Å²) in [5, 5.41) is 12.7. The number of amides is 1. The Morgan fingerprint density at radius 1 is 1.00 bits per heavy atom. The summed E-state index contributed by atoms with van der Waals surface area (Å²) >= 11 is 5.66. The van der Waals surface area contributed by atoms with Crippen molar-refractivity contribution >= 4 is 34.1 Å². The molecule has 1 N–H and O–H groups in total. The molecule has 5 heteroatoms. The van der Waals surface area contributed by atoms with Gasteiger partial charge >= 0.3 is 0 Å². The minimum atomic E-state index is -0.136. The number of aromatic nitrogens is 2. The van der Waals surface area contributed by atoms with Crippen LogP contribution in [-0.2, 0) is 11.2 Å². The minimum Gasteiger partial charge on any atom is -0.309 e. The molecule has 21 heavy (non-hydrogen) atoms. The maximum absolute atomic E-state index is 12.1. The number of nitrogens with one attached hydrogen (secondary N) is 1. The van der Waals surface area contributed by atoms with Crippen molar-refractivity contribution in [2.75, 3.05) is 5.32 Å². The number of nitrogens with zero attached hydrogens (tertiary/aromatic N) is 2. The van der Waals surface area contributed by atoms with E-state index in [1.54, 1.807) is 12.1 Å². The highest BCUT2D eigenvalue weighted by atomic mass is 35.5. The van der Waals surface area contributed by atoms with Gasteiger partial charge in [-0.3, -0.25) is 4.79 Å². The van der Waals surface area contributed by atoms with Crippen molar-refractivity contribution in [2.24, 2.45) is 0 Å². The number of hydrogen-bond acceptors (Lipinski definition) is 3. The van der Waals surface area contributed by atoms with Crippen LogP contribution in [0.1, 0.15) is 5.56 Å². The van der Waals surface area contributed by atoms with E-state index in [4.69, 9.17) is 11.6 Å². The molecule has 1 amide bonds. The number of carbonyl (C=O) groups is 1. The lowest BCUT2D eigenvalue weighted by atomic mass is 10.0. The first-order valence-corrected chi connectivity index (χ1v) is 6.86. The SMILES string of the molecule is O=C(Cc1cccc2ccccc12)Nc1ccc(Cl)nn1. The Bertz CT molecular complexity index is 782. The summed E-state index contributed by atoms with van der Waals surface area (Å²) in [5.41, 5.74) is 0.979. The van der Waals surface area contributed by atoms with Crippen molar-refractivity contribution < 1.29 is 4.79 Å². The van der Waals surface area contributed by atoms with Gasteiger partial charge in [0.05, 0.1) is 6.42 Å². The van der Waals surface area contributed by atoms with E-state index in [0.717, 1.165) is 16.3 Å². The molecule has 0 aliphatic carbocycles. The Morgan fingerprint density at radius 3 is 2.62 bits per heavy atom. The predicted octanol–water partition coefficient (Wildman–Crippen LogP) is 3.46. The molecule has 4 nitrogen and oxygen atoms in total. The largest absolute Gasteiger partial charge is 0.309 e. The molecule has 3 aromatic rings. The van der Waals surface area contributed by atoms with Crippen LogP contribution >= 0.6 is 11.6 Å². The van der Waals surface area contributed by atoms with Crippen molar-refractivity contribution in [1.29, 1.82) is 0 Å². The van der Waals surface area contributed by atoms with E-state index < -0.39 is 0 Å². The van der Waals surface area contributed by atoms with Gasteiger partial charge in [-0.05, 0) is 28.5 Å². The van der Waals surface area contributed by atoms with Gasteiger partial charge in [-0.1, -0.05) is 54.1 Å². The molecule has 0 saturated heterocycles. The van der Waals surface area contributed by atoms with E-state index in [1.165, 1.54) is 0 Å². The van der Waals surface area contributed by atoms with Crippen molar-refractivity contribution in [3.8, 4) is 0 Å². The minimum absolute atomic E-state index is 0.136. The number of carbonyl (C=O) groups excluding carboxylic acids is 1. The third kappa shape index (κ3) is 3.17. The maximum atomic E-state index is 12.1. The Kier molecular flexibility index (Phi) is 3.79. The monoisotopic (exact) mass is 297 g/mol. The third-order valence-electron chi connectivity index (χ3n) is 3.13. The summed E-state index contributed by atoms with van der Waals surface area (Å²) in [5.74, 6) is 0.257. The average molecular weight is 298 g/mol. The van der Waals surface area contributed by atoms with Crippen molar-refractivity contribution in [3.63, 3.8) is 0 Å². The number of halogens is 1. The fraction of sp³-hybridized carbons (Fsp3) is 0.0625. The van der Waals surface area contributed by atoms with Crippen LogP contribution in [0.2, 0.25) is 5.15 Å². The molecule has 0 bridgehead atoms. The number of anilines is 1. The average Bonchev–Trinajstić information content (AvgIpc) is 2.50. The summed E-state index contributed by atoms with van der Waals surface area (Å²) in [6.07, 6.45) is 0.283. The number of benzene rings is 2. The fourth-order valence-corrected chi connectivity index (χ4v) is 2.29. The van der Waals surface area contributed by atoms with Crippen LogP contribution < -0.4 is 5.32 Å². The Morgan fingerprint density at radius 2 is 1.81 bits per heavy atom. The second-order valence-electron chi connectivity index (χ2n) is 4.60. The lowest BCUT2D eigenvalue weighted by Gasteiger charge is -2.07. The Hall–Kier alpha value is -2.46. The van der Waals surface area contributed by atoms with Crippen LogP contribution in [-0.4, -0.2) is 16.1 Å². The van der Waals surface area contributed by atoms with Gasteiger partial charge in [0.2, 0.25) is 5.91 Å². The predicted molar refractivity (Wildman–Crippen MR) is 83.3 cm³/mol. The molecule has 0 aliphatic heterocycles. The molecule has 0 fully saturated rings. The summed E-state index contributed by atoms with van der Waals surface area (Å²) in [7, 11) is 0. The van der Waals surface area contributed by atoms with Crippen LogP contribution in [0.15, 0.2) is 54.6 Å². The van der Waals surface area contributed by atoms with Gasteiger partial charge in [0.1, 0.15) is 0 Å². The van der Waals surface area contributed by atoms with Gasteiger partial charge in [-0.2, -0.15) is 0 Å². The quantitative estimate of drug-likeness (QED) is 0.805. The lowest BCUT2D eigenvalue weighted by Crippen LogP contribution is -2.15. The second-order valence-corrected chi connectivity index (χ2v) is 4.99. The van der Waals surface area contributed by atoms with E-state index >= 15 is 0 Å². The number of rotatable bonds is 3. The highest BCUT2D eigenvalue weighted by Gasteiger charge is 2.08. The number of fused-ring (bicyclic) bond motifs is 1. The van der Waals surface area contributed by atoms with Crippen LogP contribution in [0.4, 0.5) is 5.82 Å².